The summed E-state index contributed by atoms with van der Waals surface area (Å²) in [5.41, 5.74) is 8.79. The molecule has 0 saturated carbocycles. The Bertz CT molecular complexity index is 651. The Kier molecular flexibility index (Phi) is 4.83. The topological polar surface area (TPSA) is 79.7 Å². The number of hydrogen-bond donors (Lipinski definition) is 2. The third-order valence-corrected chi connectivity index (χ3v) is 3.34. The third-order valence-electron chi connectivity index (χ3n) is 3.34. The zero-order valence-corrected chi connectivity index (χ0v) is 12.6. The standard InChI is InChI=1S/C16H21N5/c1-3-4-8-19-16-14(10-17)15(18)21(20-16)11-13-7-5-6-12(2)9-13/h5-7,9H,3-4,8,11,18H2,1-2H3,(H,19,20). The number of anilines is 2. The van der Waals surface area contributed by atoms with Gasteiger partial charge in [-0.15, -0.1) is 0 Å². The average molecular weight is 283 g/mol. The minimum absolute atomic E-state index is 0.415. The monoisotopic (exact) mass is 283 g/mol. The van der Waals surface area contributed by atoms with Gasteiger partial charge in [0.05, 0.1) is 6.54 Å². The van der Waals surface area contributed by atoms with Crippen LogP contribution >= 0.6 is 0 Å². The van der Waals surface area contributed by atoms with Crippen molar-refractivity contribution in [3.63, 3.8) is 0 Å². The molecule has 0 amide bonds. The lowest BCUT2D eigenvalue weighted by molar-refractivity contribution is 0.696. The SMILES string of the molecule is CCCCNc1nn(Cc2cccc(C)c2)c(N)c1C#N. The van der Waals surface area contributed by atoms with Crippen molar-refractivity contribution in [3.05, 3.63) is 41.0 Å². The first-order valence-electron chi connectivity index (χ1n) is 7.21. The molecule has 0 spiro atoms. The summed E-state index contributed by atoms with van der Waals surface area (Å²) in [6.45, 7) is 5.54. The van der Waals surface area contributed by atoms with E-state index in [-0.39, 0.29) is 0 Å². The maximum atomic E-state index is 9.26. The van der Waals surface area contributed by atoms with Gasteiger partial charge in [0.15, 0.2) is 5.82 Å². The zero-order valence-electron chi connectivity index (χ0n) is 12.6. The molecular formula is C16H21N5. The third kappa shape index (κ3) is 3.54. The maximum Gasteiger partial charge on any atom is 0.168 e. The molecule has 110 valence electrons. The fraction of sp³-hybridized carbons (Fsp3) is 0.375. The highest BCUT2D eigenvalue weighted by atomic mass is 15.3. The smallest absolute Gasteiger partial charge is 0.168 e. The van der Waals surface area contributed by atoms with Gasteiger partial charge in [-0.3, -0.25) is 0 Å². The summed E-state index contributed by atoms with van der Waals surface area (Å²) >= 11 is 0. The van der Waals surface area contributed by atoms with Gasteiger partial charge in [0.1, 0.15) is 17.5 Å². The van der Waals surface area contributed by atoms with E-state index < -0.39 is 0 Å². The van der Waals surface area contributed by atoms with Gasteiger partial charge >= 0.3 is 0 Å². The van der Waals surface area contributed by atoms with Crippen molar-refractivity contribution < 1.29 is 0 Å². The van der Waals surface area contributed by atoms with E-state index in [2.05, 4.69) is 29.5 Å². The quantitative estimate of drug-likeness (QED) is 0.799. The first-order chi connectivity index (χ1) is 10.2. The van der Waals surface area contributed by atoms with E-state index >= 15 is 0 Å². The van der Waals surface area contributed by atoms with Gasteiger partial charge in [0, 0.05) is 6.54 Å². The number of benzene rings is 1. The zero-order chi connectivity index (χ0) is 15.2. The lowest BCUT2D eigenvalue weighted by atomic mass is 10.1. The number of nitrogen functional groups attached to an aromatic ring is 1. The molecule has 3 N–H and O–H groups in total. The van der Waals surface area contributed by atoms with Crippen molar-refractivity contribution in [3.8, 4) is 6.07 Å². The van der Waals surface area contributed by atoms with E-state index in [1.54, 1.807) is 4.68 Å². The van der Waals surface area contributed by atoms with Crippen molar-refractivity contribution in [2.24, 2.45) is 0 Å². The molecule has 0 radical (unpaired) electrons. The van der Waals surface area contributed by atoms with Crippen molar-refractivity contribution in [2.45, 2.75) is 33.2 Å². The van der Waals surface area contributed by atoms with Crippen LogP contribution in [-0.2, 0) is 6.54 Å². The van der Waals surface area contributed by atoms with Gasteiger partial charge in [-0.2, -0.15) is 10.4 Å². The summed E-state index contributed by atoms with van der Waals surface area (Å²) in [5.74, 6) is 0.995. The van der Waals surface area contributed by atoms with Gasteiger partial charge in [0.25, 0.3) is 0 Å². The average Bonchev–Trinajstić information content (AvgIpc) is 2.75. The number of nitrogens with zero attached hydrogens (tertiary/aromatic N) is 3. The summed E-state index contributed by atoms with van der Waals surface area (Å²) in [5, 5.41) is 16.9. The fourth-order valence-electron chi connectivity index (χ4n) is 2.20. The molecule has 0 aliphatic heterocycles. The molecule has 2 aromatic rings. The maximum absolute atomic E-state index is 9.26. The second-order valence-electron chi connectivity index (χ2n) is 5.15. The summed E-state index contributed by atoms with van der Waals surface area (Å²) in [6.07, 6.45) is 2.13. The van der Waals surface area contributed by atoms with E-state index in [9.17, 15) is 5.26 Å². The van der Waals surface area contributed by atoms with E-state index in [0.717, 1.165) is 24.9 Å². The predicted octanol–water partition coefficient (Wildman–Crippen LogP) is 2.91. The van der Waals surface area contributed by atoms with E-state index in [1.165, 1.54) is 5.56 Å². The molecule has 5 nitrogen and oxygen atoms in total. The molecule has 1 heterocycles. The number of aromatic nitrogens is 2. The van der Waals surface area contributed by atoms with Crippen molar-refractivity contribution in [1.29, 1.82) is 5.26 Å². The van der Waals surface area contributed by atoms with Crippen LogP contribution in [0.3, 0.4) is 0 Å². The minimum atomic E-state index is 0.415. The summed E-state index contributed by atoms with van der Waals surface area (Å²) in [4.78, 5) is 0. The lowest BCUT2D eigenvalue weighted by Gasteiger charge is -2.05. The number of aryl methyl sites for hydroxylation is 1. The van der Waals surface area contributed by atoms with Crippen LogP contribution < -0.4 is 11.1 Å². The van der Waals surface area contributed by atoms with Gasteiger partial charge in [-0.1, -0.05) is 43.2 Å². The Morgan fingerprint density at radius 1 is 1.43 bits per heavy atom. The molecule has 1 aromatic heterocycles. The van der Waals surface area contributed by atoms with E-state index in [0.29, 0.717) is 23.7 Å². The van der Waals surface area contributed by atoms with E-state index in [4.69, 9.17) is 5.73 Å². The minimum Gasteiger partial charge on any atom is -0.383 e. The number of unbranched alkanes of at least 4 members (excludes halogenated alkanes) is 1. The molecule has 0 bridgehead atoms. The molecule has 0 aliphatic carbocycles. The molecule has 0 atom stereocenters. The molecule has 0 fully saturated rings. The molecule has 5 heteroatoms. The molecule has 1 aromatic carbocycles. The Balaban J connectivity index is 2.22. The second kappa shape index (κ2) is 6.80. The van der Waals surface area contributed by atoms with Crippen LogP contribution in [0, 0.1) is 18.3 Å². The Morgan fingerprint density at radius 3 is 2.90 bits per heavy atom. The van der Waals surface area contributed by atoms with Gasteiger partial charge in [0.2, 0.25) is 0 Å². The molecular weight excluding hydrogens is 262 g/mol. The highest BCUT2D eigenvalue weighted by Crippen LogP contribution is 2.21. The molecule has 2 rings (SSSR count). The van der Waals surface area contributed by atoms with Gasteiger partial charge in [-0.25, -0.2) is 4.68 Å². The first-order valence-corrected chi connectivity index (χ1v) is 7.21. The van der Waals surface area contributed by atoms with Crippen LogP contribution in [0.1, 0.15) is 36.5 Å². The Labute approximate surface area is 125 Å². The summed E-state index contributed by atoms with van der Waals surface area (Å²) in [7, 11) is 0. The predicted molar refractivity (Wildman–Crippen MR) is 85.0 cm³/mol. The van der Waals surface area contributed by atoms with E-state index in [1.807, 2.05) is 25.1 Å². The summed E-state index contributed by atoms with van der Waals surface area (Å²) < 4.78 is 1.68. The first kappa shape index (κ1) is 14.9. The number of rotatable bonds is 6. The van der Waals surface area contributed by atoms with Crippen molar-refractivity contribution in [1.82, 2.24) is 9.78 Å². The van der Waals surface area contributed by atoms with Crippen molar-refractivity contribution >= 4 is 11.6 Å². The van der Waals surface area contributed by atoms with Crippen LogP contribution in [0.4, 0.5) is 11.6 Å². The van der Waals surface area contributed by atoms with Gasteiger partial charge in [-0.05, 0) is 18.9 Å². The second-order valence-corrected chi connectivity index (χ2v) is 5.15. The number of nitrogens with one attached hydrogen (secondary N) is 1. The van der Waals surface area contributed by atoms with Crippen LogP contribution in [0.25, 0.3) is 0 Å². The van der Waals surface area contributed by atoms with Crippen LogP contribution in [0.5, 0.6) is 0 Å². The highest BCUT2D eigenvalue weighted by molar-refractivity contribution is 5.63. The number of nitriles is 1. The van der Waals surface area contributed by atoms with Crippen LogP contribution in [-0.4, -0.2) is 16.3 Å². The fourth-order valence-corrected chi connectivity index (χ4v) is 2.20. The largest absolute Gasteiger partial charge is 0.383 e. The number of nitrogens with two attached hydrogens (primary N) is 1. The summed E-state index contributed by atoms with van der Waals surface area (Å²) in [6, 6.07) is 10.3. The molecule has 0 aliphatic rings. The Morgan fingerprint density at radius 2 is 2.24 bits per heavy atom. The molecule has 0 unspecified atom stereocenters. The van der Waals surface area contributed by atoms with Crippen LogP contribution in [0.2, 0.25) is 0 Å². The Hall–Kier alpha value is -2.48. The van der Waals surface area contributed by atoms with Gasteiger partial charge < -0.3 is 11.1 Å². The molecule has 21 heavy (non-hydrogen) atoms. The number of hydrogen-bond acceptors (Lipinski definition) is 4. The van der Waals surface area contributed by atoms with Crippen molar-refractivity contribution in [2.75, 3.05) is 17.6 Å². The normalized spacial score (nSPS) is 10.3. The highest BCUT2D eigenvalue weighted by Gasteiger charge is 2.15. The molecule has 0 saturated heterocycles. The van der Waals surface area contributed by atoms with Crippen LogP contribution in [0.15, 0.2) is 24.3 Å². The lowest BCUT2D eigenvalue weighted by Crippen LogP contribution is -2.07.